The molecule has 0 N–H and O–H groups in total. The predicted octanol–water partition coefficient (Wildman–Crippen LogP) is 2.79. The average molecular weight is 222 g/mol. The number of hydrogen-bond acceptors (Lipinski definition) is 3. The number of aromatic nitrogens is 1. The van der Waals surface area contributed by atoms with Gasteiger partial charge in [0.1, 0.15) is 0 Å². The van der Waals surface area contributed by atoms with E-state index in [9.17, 15) is 0 Å². The molecule has 1 aliphatic carbocycles. The van der Waals surface area contributed by atoms with E-state index < -0.39 is 0 Å². The highest BCUT2D eigenvalue weighted by atomic mass is 32.1. The first-order valence-corrected chi connectivity index (χ1v) is 6.78. The van der Waals surface area contributed by atoms with Crippen LogP contribution < -0.4 is 0 Å². The van der Waals surface area contributed by atoms with E-state index in [4.69, 9.17) is 4.98 Å². The SMILES string of the molecule is CC(C)N1CCc2nc(C3CC3)sc2C1. The Morgan fingerprint density at radius 1 is 1.40 bits per heavy atom. The van der Waals surface area contributed by atoms with E-state index in [2.05, 4.69) is 18.7 Å². The van der Waals surface area contributed by atoms with Crippen LogP contribution in [-0.4, -0.2) is 22.5 Å². The summed E-state index contributed by atoms with van der Waals surface area (Å²) in [6.45, 7) is 6.90. The largest absolute Gasteiger partial charge is 0.295 e. The highest BCUT2D eigenvalue weighted by Gasteiger charge is 2.30. The molecule has 0 bridgehead atoms. The molecule has 0 atom stereocenters. The van der Waals surface area contributed by atoms with Crippen molar-refractivity contribution < 1.29 is 0 Å². The Morgan fingerprint density at radius 3 is 2.87 bits per heavy atom. The van der Waals surface area contributed by atoms with Crippen molar-refractivity contribution in [1.29, 1.82) is 0 Å². The highest BCUT2D eigenvalue weighted by Crippen LogP contribution is 2.43. The first-order valence-electron chi connectivity index (χ1n) is 5.96. The number of fused-ring (bicyclic) bond motifs is 1. The zero-order chi connectivity index (χ0) is 10.4. The first-order chi connectivity index (χ1) is 7.24. The predicted molar refractivity (Wildman–Crippen MR) is 63.3 cm³/mol. The summed E-state index contributed by atoms with van der Waals surface area (Å²) in [6, 6.07) is 0.671. The molecule has 1 aromatic rings. The van der Waals surface area contributed by atoms with Crippen LogP contribution in [0.2, 0.25) is 0 Å². The Balaban J connectivity index is 1.82. The van der Waals surface area contributed by atoms with Gasteiger partial charge >= 0.3 is 0 Å². The molecule has 0 saturated heterocycles. The summed E-state index contributed by atoms with van der Waals surface area (Å²) >= 11 is 1.97. The summed E-state index contributed by atoms with van der Waals surface area (Å²) in [5, 5.41) is 1.42. The molecule has 0 spiro atoms. The second-order valence-corrected chi connectivity index (χ2v) is 6.13. The molecule has 2 aliphatic rings. The molecule has 1 aromatic heterocycles. The van der Waals surface area contributed by atoms with Crippen molar-refractivity contribution in [2.24, 2.45) is 0 Å². The van der Waals surface area contributed by atoms with Gasteiger partial charge < -0.3 is 0 Å². The van der Waals surface area contributed by atoms with Crippen molar-refractivity contribution in [1.82, 2.24) is 9.88 Å². The molecule has 0 aromatic carbocycles. The third kappa shape index (κ3) is 1.83. The van der Waals surface area contributed by atoms with Crippen LogP contribution in [0.15, 0.2) is 0 Å². The summed E-state index contributed by atoms with van der Waals surface area (Å²) < 4.78 is 0. The molecule has 1 aliphatic heterocycles. The van der Waals surface area contributed by atoms with Gasteiger partial charge in [-0.25, -0.2) is 4.98 Å². The van der Waals surface area contributed by atoms with Gasteiger partial charge in [-0.3, -0.25) is 4.90 Å². The van der Waals surface area contributed by atoms with E-state index >= 15 is 0 Å². The van der Waals surface area contributed by atoms with Crippen LogP contribution in [0.5, 0.6) is 0 Å². The van der Waals surface area contributed by atoms with Crippen molar-refractivity contribution >= 4 is 11.3 Å². The van der Waals surface area contributed by atoms with E-state index in [1.165, 1.54) is 35.0 Å². The Kier molecular flexibility index (Phi) is 2.33. The Morgan fingerprint density at radius 2 is 2.20 bits per heavy atom. The number of nitrogens with zero attached hydrogens (tertiary/aromatic N) is 2. The lowest BCUT2D eigenvalue weighted by Crippen LogP contribution is -2.35. The van der Waals surface area contributed by atoms with Crippen molar-refractivity contribution in [2.75, 3.05) is 6.54 Å². The van der Waals surface area contributed by atoms with Crippen LogP contribution in [-0.2, 0) is 13.0 Å². The molecule has 3 rings (SSSR count). The van der Waals surface area contributed by atoms with Gasteiger partial charge in [-0.05, 0) is 26.7 Å². The van der Waals surface area contributed by atoms with Gasteiger partial charge in [0.25, 0.3) is 0 Å². The second-order valence-electron chi connectivity index (χ2n) is 5.01. The maximum Gasteiger partial charge on any atom is 0.0962 e. The van der Waals surface area contributed by atoms with Gasteiger partial charge in [0.2, 0.25) is 0 Å². The summed E-state index contributed by atoms with van der Waals surface area (Å²) in [5.74, 6) is 0.827. The Hall–Kier alpha value is -0.410. The van der Waals surface area contributed by atoms with Crippen molar-refractivity contribution in [3.05, 3.63) is 15.6 Å². The molecule has 1 fully saturated rings. The minimum Gasteiger partial charge on any atom is -0.295 e. The standard InChI is InChI=1S/C12H18N2S/c1-8(2)14-6-5-10-11(7-14)15-12(13-10)9-3-4-9/h8-9H,3-7H2,1-2H3. The van der Waals surface area contributed by atoms with Crippen LogP contribution in [0.4, 0.5) is 0 Å². The quantitative estimate of drug-likeness (QED) is 0.765. The molecule has 0 amide bonds. The fourth-order valence-corrected chi connectivity index (χ4v) is 3.49. The van der Waals surface area contributed by atoms with Crippen molar-refractivity contribution in [2.45, 2.75) is 51.6 Å². The summed E-state index contributed by atoms with van der Waals surface area (Å²) in [6.07, 6.45) is 3.91. The highest BCUT2D eigenvalue weighted by molar-refractivity contribution is 7.11. The van der Waals surface area contributed by atoms with Gasteiger partial charge in [-0.1, -0.05) is 0 Å². The minimum atomic E-state index is 0.671. The first kappa shape index (κ1) is 9.79. The van der Waals surface area contributed by atoms with E-state index in [-0.39, 0.29) is 0 Å². The molecule has 0 radical (unpaired) electrons. The van der Waals surface area contributed by atoms with Crippen LogP contribution >= 0.6 is 11.3 Å². The fraction of sp³-hybridized carbons (Fsp3) is 0.750. The Labute approximate surface area is 95.3 Å². The Bertz CT molecular complexity index is 366. The normalized spacial score (nSPS) is 22.1. The molecule has 2 nitrogen and oxygen atoms in total. The summed E-state index contributed by atoms with van der Waals surface area (Å²) in [5.41, 5.74) is 1.40. The third-order valence-corrected chi connectivity index (χ3v) is 4.68. The maximum absolute atomic E-state index is 4.80. The zero-order valence-electron chi connectivity index (χ0n) is 9.49. The molecular weight excluding hydrogens is 204 g/mol. The molecule has 1 saturated carbocycles. The topological polar surface area (TPSA) is 16.1 Å². The van der Waals surface area contributed by atoms with Crippen molar-refractivity contribution in [3.8, 4) is 0 Å². The van der Waals surface area contributed by atoms with E-state index in [0.29, 0.717) is 6.04 Å². The molecule has 0 unspecified atom stereocenters. The van der Waals surface area contributed by atoms with Gasteiger partial charge in [0, 0.05) is 36.3 Å². The lowest BCUT2D eigenvalue weighted by atomic mass is 10.1. The van der Waals surface area contributed by atoms with Crippen LogP contribution in [0.3, 0.4) is 0 Å². The van der Waals surface area contributed by atoms with Gasteiger partial charge in [0.15, 0.2) is 0 Å². The number of thiazole rings is 1. The van der Waals surface area contributed by atoms with Gasteiger partial charge in [-0.2, -0.15) is 0 Å². The average Bonchev–Trinajstić information content (AvgIpc) is 2.97. The molecule has 2 heterocycles. The van der Waals surface area contributed by atoms with Crippen LogP contribution in [0, 0.1) is 0 Å². The number of hydrogen-bond donors (Lipinski definition) is 0. The fourth-order valence-electron chi connectivity index (χ4n) is 2.18. The molecule has 15 heavy (non-hydrogen) atoms. The minimum absolute atomic E-state index is 0.671. The lowest BCUT2D eigenvalue weighted by molar-refractivity contribution is 0.205. The number of rotatable bonds is 2. The molecular formula is C12H18N2S. The lowest BCUT2D eigenvalue weighted by Gasteiger charge is -2.29. The van der Waals surface area contributed by atoms with Crippen molar-refractivity contribution in [3.63, 3.8) is 0 Å². The maximum atomic E-state index is 4.80. The third-order valence-electron chi connectivity index (χ3n) is 3.43. The van der Waals surface area contributed by atoms with E-state index in [0.717, 1.165) is 18.9 Å². The second kappa shape index (κ2) is 3.56. The summed E-state index contributed by atoms with van der Waals surface area (Å²) in [4.78, 5) is 8.89. The smallest absolute Gasteiger partial charge is 0.0962 e. The summed E-state index contributed by atoms with van der Waals surface area (Å²) in [7, 11) is 0. The monoisotopic (exact) mass is 222 g/mol. The molecule has 3 heteroatoms. The van der Waals surface area contributed by atoms with E-state index in [1.807, 2.05) is 11.3 Å². The van der Waals surface area contributed by atoms with Crippen LogP contribution in [0.25, 0.3) is 0 Å². The van der Waals surface area contributed by atoms with Crippen LogP contribution in [0.1, 0.15) is 48.2 Å². The van der Waals surface area contributed by atoms with Gasteiger partial charge in [-0.15, -0.1) is 11.3 Å². The van der Waals surface area contributed by atoms with E-state index in [1.54, 1.807) is 0 Å². The van der Waals surface area contributed by atoms with Gasteiger partial charge in [0.05, 0.1) is 10.7 Å². The molecule has 82 valence electrons. The zero-order valence-corrected chi connectivity index (χ0v) is 10.3.